The normalized spacial score (nSPS) is 11.9. The first-order valence-electron chi connectivity index (χ1n) is 8.04. The molecule has 0 aliphatic carbocycles. The van der Waals surface area contributed by atoms with Crippen molar-refractivity contribution in [2.75, 3.05) is 17.6 Å². The molecule has 2 amide bonds. The number of hydrogen-bond donors (Lipinski definition) is 2. The monoisotopic (exact) mass is 448 g/mol. The summed E-state index contributed by atoms with van der Waals surface area (Å²) in [4.78, 5) is 23.9. The fourth-order valence-corrected chi connectivity index (χ4v) is 4.98. The van der Waals surface area contributed by atoms with E-state index in [0.29, 0.717) is 20.9 Å². The molecule has 0 radical (unpaired) electrons. The van der Waals surface area contributed by atoms with E-state index in [0.717, 1.165) is 12.5 Å². The predicted molar refractivity (Wildman–Crippen MR) is 109 cm³/mol. The van der Waals surface area contributed by atoms with Crippen molar-refractivity contribution in [1.29, 1.82) is 0 Å². The van der Waals surface area contributed by atoms with Gasteiger partial charge in [0, 0.05) is 6.54 Å². The van der Waals surface area contributed by atoms with Gasteiger partial charge in [0.05, 0.1) is 21.7 Å². The number of hydrogen-bond acceptors (Lipinski definition) is 7. The van der Waals surface area contributed by atoms with Gasteiger partial charge in [0.1, 0.15) is 5.82 Å². The van der Waals surface area contributed by atoms with E-state index in [9.17, 15) is 14.0 Å². The molecular formula is C16H18ClFN4O2S3. The number of amides is 2. The molecule has 0 fully saturated rings. The Bertz CT molecular complexity index is 806. The average molecular weight is 449 g/mol. The van der Waals surface area contributed by atoms with Crippen molar-refractivity contribution in [1.82, 2.24) is 15.5 Å². The zero-order valence-electron chi connectivity index (χ0n) is 14.6. The van der Waals surface area contributed by atoms with Crippen molar-refractivity contribution in [3.05, 3.63) is 29.0 Å². The number of aromatic nitrogens is 2. The minimum Gasteiger partial charge on any atom is -0.355 e. The summed E-state index contributed by atoms with van der Waals surface area (Å²) in [6.07, 6.45) is 0.888. The van der Waals surface area contributed by atoms with Crippen LogP contribution >= 0.6 is 46.5 Å². The fourth-order valence-electron chi connectivity index (χ4n) is 1.78. The van der Waals surface area contributed by atoms with E-state index < -0.39 is 11.1 Å². The Hall–Kier alpha value is -1.36. The standard InChI is InChI=1S/C16H18ClFN4O2S3/c1-3-6-19-13(23)8-25-15-21-22-16(27-15)26-9(2)14(24)20-12-5-4-10(18)7-11(12)17/h4-5,7,9H,3,6,8H2,1-2H3,(H,19,23)(H,20,24). The molecule has 2 rings (SSSR count). The molecular weight excluding hydrogens is 431 g/mol. The van der Waals surface area contributed by atoms with E-state index in [1.807, 2.05) is 6.92 Å². The van der Waals surface area contributed by atoms with Crippen LogP contribution in [0.3, 0.4) is 0 Å². The van der Waals surface area contributed by atoms with Crippen molar-refractivity contribution >= 4 is 64.0 Å². The van der Waals surface area contributed by atoms with Crippen LogP contribution in [0.4, 0.5) is 10.1 Å². The lowest BCUT2D eigenvalue weighted by atomic mass is 10.3. The van der Waals surface area contributed by atoms with E-state index in [2.05, 4.69) is 20.8 Å². The van der Waals surface area contributed by atoms with E-state index in [-0.39, 0.29) is 22.6 Å². The first-order chi connectivity index (χ1) is 12.9. The molecule has 0 aliphatic rings. The van der Waals surface area contributed by atoms with Crippen molar-refractivity contribution in [3.63, 3.8) is 0 Å². The second kappa shape index (κ2) is 10.8. The smallest absolute Gasteiger partial charge is 0.237 e. The molecule has 0 spiro atoms. The van der Waals surface area contributed by atoms with Gasteiger partial charge >= 0.3 is 0 Å². The molecule has 0 aliphatic heterocycles. The van der Waals surface area contributed by atoms with E-state index in [1.165, 1.54) is 47.0 Å². The first kappa shape index (κ1) is 21.9. The molecule has 146 valence electrons. The van der Waals surface area contributed by atoms with Crippen LogP contribution in [0.5, 0.6) is 0 Å². The third-order valence-electron chi connectivity index (χ3n) is 3.12. The minimum atomic E-state index is -0.470. The summed E-state index contributed by atoms with van der Waals surface area (Å²) in [6, 6.07) is 3.78. The molecule has 11 heteroatoms. The Kier molecular flexibility index (Phi) is 8.81. The summed E-state index contributed by atoms with van der Waals surface area (Å²) >= 11 is 9.80. The van der Waals surface area contributed by atoms with Gasteiger partial charge in [0.15, 0.2) is 8.68 Å². The van der Waals surface area contributed by atoms with Gasteiger partial charge in [-0.05, 0) is 31.5 Å². The van der Waals surface area contributed by atoms with E-state index in [1.54, 1.807) is 6.92 Å². The van der Waals surface area contributed by atoms with Gasteiger partial charge in [-0.1, -0.05) is 53.4 Å². The Morgan fingerprint density at radius 3 is 2.78 bits per heavy atom. The zero-order valence-corrected chi connectivity index (χ0v) is 17.8. The SMILES string of the molecule is CCCNC(=O)CSc1nnc(SC(C)C(=O)Nc2ccc(F)cc2Cl)s1. The van der Waals surface area contributed by atoms with E-state index >= 15 is 0 Å². The van der Waals surface area contributed by atoms with Crippen molar-refractivity contribution < 1.29 is 14.0 Å². The average Bonchev–Trinajstić information content (AvgIpc) is 3.07. The predicted octanol–water partition coefficient (Wildman–Crippen LogP) is 4.07. The number of rotatable bonds is 9. The number of nitrogens with one attached hydrogen (secondary N) is 2. The number of halogens is 2. The lowest BCUT2D eigenvalue weighted by molar-refractivity contribution is -0.118. The highest BCUT2D eigenvalue weighted by molar-refractivity contribution is 8.04. The molecule has 2 N–H and O–H groups in total. The maximum atomic E-state index is 13.1. The van der Waals surface area contributed by atoms with Crippen LogP contribution in [-0.2, 0) is 9.59 Å². The molecule has 6 nitrogen and oxygen atoms in total. The van der Waals surface area contributed by atoms with Crippen LogP contribution in [-0.4, -0.2) is 39.6 Å². The quantitative estimate of drug-likeness (QED) is 0.562. The fraction of sp³-hybridized carbons (Fsp3) is 0.375. The van der Waals surface area contributed by atoms with Crippen molar-refractivity contribution in [3.8, 4) is 0 Å². The van der Waals surface area contributed by atoms with Gasteiger partial charge in [0.25, 0.3) is 0 Å². The Labute approximate surface area is 174 Å². The summed E-state index contributed by atoms with van der Waals surface area (Å²) in [6.45, 7) is 4.37. The van der Waals surface area contributed by atoms with Crippen LogP contribution in [0.25, 0.3) is 0 Å². The van der Waals surface area contributed by atoms with Gasteiger partial charge in [-0.2, -0.15) is 0 Å². The highest BCUT2D eigenvalue weighted by Gasteiger charge is 2.18. The first-order valence-corrected chi connectivity index (χ1v) is 11.1. The van der Waals surface area contributed by atoms with Crippen molar-refractivity contribution in [2.24, 2.45) is 0 Å². The number of carbonyl (C=O) groups is 2. The van der Waals surface area contributed by atoms with Crippen LogP contribution in [0.15, 0.2) is 26.9 Å². The molecule has 2 aromatic rings. The second-order valence-corrected chi connectivity index (χ2v) is 9.54. The summed E-state index contributed by atoms with van der Waals surface area (Å²) in [7, 11) is 0. The number of nitrogens with zero attached hydrogens (tertiary/aromatic N) is 2. The van der Waals surface area contributed by atoms with E-state index in [4.69, 9.17) is 11.6 Å². The molecule has 1 unspecified atom stereocenters. The highest BCUT2D eigenvalue weighted by atomic mass is 35.5. The summed E-state index contributed by atoms with van der Waals surface area (Å²) in [5, 5.41) is 13.2. The van der Waals surface area contributed by atoms with Gasteiger partial charge in [-0.25, -0.2) is 4.39 Å². The third kappa shape index (κ3) is 7.28. The molecule has 1 heterocycles. The van der Waals surface area contributed by atoms with Crippen molar-refractivity contribution in [2.45, 2.75) is 34.2 Å². The van der Waals surface area contributed by atoms with Gasteiger partial charge < -0.3 is 10.6 Å². The van der Waals surface area contributed by atoms with Crippen LogP contribution in [0.2, 0.25) is 5.02 Å². The Morgan fingerprint density at radius 1 is 1.33 bits per heavy atom. The molecule has 0 saturated heterocycles. The number of benzene rings is 1. The third-order valence-corrected chi connectivity index (χ3v) is 6.68. The molecule has 1 atom stereocenters. The van der Waals surface area contributed by atoms with Gasteiger partial charge in [-0.15, -0.1) is 10.2 Å². The number of thioether (sulfide) groups is 2. The number of anilines is 1. The van der Waals surface area contributed by atoms with Gasteiger partial charge in [0.2, 0.25) is 11.8 Å². The maximum absolute atomic E-state index is 13.1. The lowest BCUT2D eigenvalue weighted by Crippen LogP contribution is -2.25. The topological polar surface area (TPSA) is 84.0 Å². The van der Waals surface area contributed by atoms with Gasteiger partial charge in [-0.3, -0.25) is 9.59 Å². The summed E-state index contributed by atoms with van der Waals surface area (Å²) < 4.78 is 14.4. The molecule has 1 aromatic heterocycles. The Morgan fingerprint density at radius 2 is 2.07 bits per heavy atom. The molecule has 0 bridgehead atoms. The minimum absolute atomic E-state index is 0.0461. The maximum Gasteiger partial charge on any atom is 0.237 e. The van der Waals surface area contributed by atoms with Crippen LogP contribution in [0, 0.1) is 5.82 Å². The van der Waals surface area contributed by atoms with Crippen LogP contribution < -0.4 is 10.6 Å². The zero-order chi connectivity index (χ0) is 19.8. The molecule has 1 aromatic carbocycles. The highest BCUT2D eigenvalue weighted by Crippen LogP contribution is 2.32. The molecule has 0 saturated carbocycles. The summed E-state index contributed by atoms with van der Waals surface area (Å²) in [5.74, 6) is -0.520. The summed E-state index contributed by atoms with van der Waals surface area (Å²) in [5.41, 5.74) is 0.349. The lowest BCUT2D eigenvalue weighted by Gasteiger charge is -2.11. The Balaban J connectivity index is 1.84. The largest absolute Gasteiger partial charge is 0.355 e. The number of carbonyl (C=O) groups excluding carboxylic acids is 2. The van der Waals surface area contributed by atoms with Crippen LogP contribution in [0.1, 0.15) is 20.3 Å². The second-order valence-electron chi connectivity index (χ2n) is 5.35. The molecule has 27 heavy (non-hydrogen) atoms.